The third-order valence-electron chi connectivity index (χ3n) is 7.35. The van der Waals surface area contributed by atoms with Crippen LogP contribution in [0.15, 0.2) is 18.2 Å². The zero-order valence-corrected chi connectivity index (χ0v) is 17.7. The smallest absolute Gasteiger partial charge is 0.235 e. The lowest BCUT2D eigenvalue weighted by atomic mass is 9.49. The van der Waals surface area contributed by atoms with Gasteiger partial charge in [0.1, 0.15) is 5.75 Å². The molecule has 1 aromatic rings. The Balaban J connectivity index is 1.96. The fraction of sp³-hybridized carbons (Fsp3) is 0.500. The van der Waals surface area contributed by atoms with Crippen molar-refractivity contribution in [3.8, 4) is 5.75 Å². The molecule has 0 aliphatic heterocycles. The first-order valence-corrected chi connectivity index (χ1v) is 10.2. The number of aliphatic hydroxyl groups is 2. The lowest BCUT2D eigenvalue weighted by molar-refractivity contribution is -0.196. The molecule has 10 heteroatoms. The maximum atomic E-state index is 13.6. The van der Waals surface area contributed by atoms with Crippen LogP contribution in [-0.2, 0) is 19.2 Å². The number of likely N-dealkylation sites (N-methyl/N-ethyl adjacent to an activating group) is 1. The van der Waals surface area contributed by atoms with Crippen molar-refractivity contribution in [2.75, 3.05) is 14.1 Å². The van der Waals surface area contributed by atoms with Gasteiger partial charge in [-0.25, -0.2) is 0 Å². The number of phenols is 1. The Hall–Kier alpha value is -2.95. The number of hydrogen-bond acceptors (Lipinski definition) is 9. The van der Waals surface area contributed by atoms with E-state index in [1.54, 1.807) is 13.0 Å². The Morgan fingerprint density at radius 1 is 1.12 bits per heavy atom. The fourth-order valence-corrected chi connectivity index (χ4v) is 5.95. The van der Waals surface area contributed by atoms with E-state index in [2.05, 4.69) is 0 Å². The number of nitrogens with two attached hydrogens (primary N) is 1. The highest BCUT2D eigenvalue weighted by Crippen LogP contribution is 2.54. The summed E-state index contributed by atoms with van der Waals surface area (Å²) in [7, 11) is 2.89. The Morgan fingerprint density at radius 3 is 2.31 bits per heavy atom. The van der Waals surface area contributed by atoms with E-state index in [-0.39, 0.29) is 11.3 Å². The molecule has 0 saturated heterocycles. The van der Waals surface area contributed by atoms with Crippen LogP contribution < -0.4 is 5.73 Å². The third kappa shape index (κ3) is 2.54. The Morgan fingerprint density at radius 2 is 1.75 bits per heavy atom. The van der Waals surface area contributed by atoms with E-state index < -0.39 is 76.4 Å². The van der Waals surface area contributed by atoms with E-state index >= 15 is 0 Å². The van der Waals surface area contributed by atoms with Gasteiger partial charge in [-0.2, -0.15) is 0 Å². The van der Waals surface area contributed by atoms with Gasteiger partial charge in [0.2, 0.25) is 5.91 Å². The minimum absolute atomic E-state index is 0.112. The van der Waals surface area contributed by atoms with Gasteiger partial charge < -0.3 is 21.1 Å². The van der Waals surface area contributed by atoms with E-state index in [9.17, 15) is 39.3 Å². The summed E-state index contributed by atoms with van der Waals surface area (Å²) < 4.78 is 0. The van der Waals surface area contributed by atoms with E-state index in [0.29, 0.717) is 5.56 Å². The minimum Gasteiger partial charge on any atom is -0.507 e. The molecule has 3 aliphatic rings. The monoisotopic (exact) mass is 444 g/mol. The number of hydrogen-bond donors (Lipinski definition) is 4. The SMILES string of the molecule is C[C@H]1c2cccc(O)c2C(=O)C2C(=O)[C@]3(O)C(=O)C(C(N)=O)C(=O)C(N(C)C)[C@@H]3[C@@H](O)[C@@H]21. The van der Waals surface area contributed by atoms with Gasteiger partial charge in [-0.05, 0) is 31.6 Å². The molecule has 1 amide bonds. The van der Waals surface area contributed by atoms with Crippen molar-refractivity contribution in [2.45, 2.75) is 30.6 Å². The van der Waals surface area contributed by atoms with Gasteiger partial charge >= 0.3 is 0 Å². The molecule has 1 aromatic carbocycles. The number of nitrogens with zero attached hydrogens (tertiary/aromatic N) is 1. The molecular formula is C22H24N2O8. The molecule has 4 rings (SSSR count). The van der Waals surface area contributed by atoms with Gasteiger partial charge in [-0.15, -0.1) is 0 Å². The molecule has 0 heterocycles. The molecule has 32 heavy (non-hydrogen) atoms. The number of aromatic hydroxyl groups is 1. The van der Waals surface area contributed by atoms with Crippen molar-refractivity contribution < 1.29 is 39.3 Å². The first-order valence-electron chi connectivity index (χ1n) is 10.2. The average molecular weight is 444 g/mol. The largest absolute Gasteiger partial charge is 0.507 e. The fourth-order valence-electron chi connectivity index (χ4n) is 5.95. The Kier molecular flexibility index (Phi) is 4.89. The number of carbonyl (C=O) groups excluding carboxylic acids is 5. The highest BCUT2D eigenvalue weighted by Gasteiger charge is 2.72. The number of aliphatic hydroxyl groups excluding tert-OH is 1. The van der Waals surface area contributed by atoms with Crippen LogP contribution in [0.25, 0.3) is 0 Å². The number of primary amides is 1. The second-order valence-corrected chi connectivity index (χ2v) is 9.11. The van der Waals surface area contributed by atoms with Gasteiger partial charge in [0.25, 0.3) is 0 Å². The van der Waals surface area contributed by atoms with Crippen LogP contribution in [0.3, 0.4) is 0 Å². The normalized spacial score (nSPS) is 38.9. The second-order valence-electron chi connectivity index (χ2n) is 9.11. The molecule has 5 N–H and O–H groups in total. The second kappa shape index (κ2) is 7.03. The first-order chi connectivity index (χ1) is 14.9. The number of amides is 1. The van der Waals surface area contributed by atoms with Crippen LogP contribution in [0, 0.1) is 23.7 Å². The molecule has 10 nitrogen and oxygen atoms in total. The molecule has 3 aliphatic carbocycles. The average Bonchev–Trinajstić information content (AvgIpc) is 2.70. The third-order valence-corrected chi connectivity index (χ3v) is 7.35. The lowest BCUT2D eigenvalue weighted by Crippen LogP contribution is -2.77. The number of ketones is 4. The van der Waals surface area contributed by atoms with Crippen molar-refractivity contribution in [3.05, 3.63) is 29.3 Å². The number of Topliss-reactive ketones (excluding diaryl/α,β-unsaturated/α-hetero) is 4. The van der Waals surface area contributed by atoms with E-state index in [4.69, 9.17) is 5.73 Å². The van der Waals surface area contributed by atoms with Crippen molar-refractivity contribution in [1.82, 2.24) is 4.90 Å². The molecule has 2 fully saturated rings. The molecule has 3 unspecified atom stereocenters. The van der Waals surface area contributed by atoms with Gasteiger partial charge in [-0.3, -0.25) is 28.9 Å². The molecule has 2 saturated carbocycles. The summed E-state index contributed by atoms with van der Waals surface area (Å²) in [6.07, 6.45) is -1.62. The summed E-state index contributed by atoms with van der Waals surface area (Å²) in [5, 5.41) is 33.1. The van der Waals surface area contributed by atoms with E-state index in [0.717, 1.165) is 0 Å². The summed E-state index contributed by atoms with van der Waals surface area (Å²) in [5.74, 6) is -13.1. The quantitative estimate of drug-likeness (QED) is 0.391. The maximum Gasteiger partial charge on any atom is 0.235 e. The number of benzene rings is 1. The van der Waals surface area contributed by atoms with Crippen LogP contribution in [0.4, 0.5) is 0 Å². The summed E-state index contributed by atoms with van der Waals surface area (Å²) in [6, 6.07) is 3.03. The first kappa shape index (κ1) is 22.3. The molecule has 0 radical (unpaired) electrons. The minimum atomic E-state index is -2.97. The highest BCUT2D eigenvalue weighted by atomic mass is 16.3. The Bertz CT molecular complexity index is 1080. The zero-order valence-electron chi connectivity index (χ0n) is 17.7. The van der Waals surface area contributed by atoms with Crippen molar-refractivity contribution in [3.63, 3.8) is 0 Å². The summed E-state index contributed by atoms with van der Waals surface area (Å²) in [6.45, 7) is 1.66. The molecule has 0 spiro atoms. The van der Waals surface area contributed by atoms with Crippen molar-refractivity contribution >= 4 is 29.0 Å². The number of fused-ring (bicyclic) bond motifs is 3. The predicted octanol–water partition coefficient (Wildman–Crippen LogP) is -1.60. The van der Waals surface area contributed by atoms with Gasteiger partial charge in [0.15, 0.2) is 34.7 Å². The van der Waals surface area contributed by atoms with E-state index in [1.807, 2.05) is 0 Å². The van der Waals surface area contributed by atoms with Gasteiger partial charge in [0.05, 0.1) is 29.5 Å². The molecule has 0 aromatic heterocycles. The van der Waals surface area contributed by atoms with Gasteiger partial charge in [0, 0.05) is 5.92 Å². The Labute approximate surface area is 183 Å². The lowest BCUT2D eigenvalue weighted by Gasteiger charge is -2.55. The number of carbonyl (C=O) groups is 5. The maximum absolute atomic E-state index is 13.6. The zero-order chi connectivity index (χ0) is 23.9. The molecule has 0 bridgehead atoms. The summed E-state index contributed by atoms with van der Waals surface area (Å²) >= 11 is 0. The van der Waals surface area contributed by atoms with Crippen LogP contribution in [0.5, 0.6) is 5.75 Å². The van der Waals surface area contributed by atoms with Gasteiger partial charge in [-0.1, -0.05) is 19.1 Å². The predicted molar refractivity (Wildman–Crippen MR) is 107 cm³/mol. The van der Waals surface area contributed by atoms with Crippen LogP contribution >= 0.6 is 0 Å². The van der Waals surface area contributed by atoms with E-state index in [1.165, 1.54) is 31.1 Å². The number of rotatable bonds is 2. The summed E-state index contributed by atoms with van der Waals surface area (Å²) in [4.78, 5) is 66.3. The topological polar surface area (TPSA) is 175 Å². The van der Waals surface area contributed by atoms with Crippen molar-refractivity contribution in [2.24, 2.45) is 29.4 Å². The van der Waals surface area contributed by atoms with Crippen LogP contribution in [0.1, 0.15) is 28.8 Å². The standard InChI is InChI=1S/C22H24N2O8/c1-7-8-5-4-6-9(25)11(8)16(26)12-10(7)17(27)14-15(24(2)3)18(28)13(21(23)31)20(30)22(14,32)19(12)29/h4-7,10,12-15,17,25,27,32H,1-3H3,(H2,23,31)/t7-,10+,12?,13?,14+,15?,17-,22-/m0/s1. The highest BCUT2D eigenvalue weighted by molar-refractivity contribution is 6.32. The summed E-state index contributed by atoms with van der Waals surface area (Å²) in [5.41, 5.74) is 2.58. The van der Waals surface area contributed by atoms with Crippen LogP contribution in [0.2, 0.25) is 0 Å². The van der Waals surface area contributed by atoms with Crippen molar-refractivity contribution in [1.29, 1.82) is 0 Å². The molecule has 170 valence electrons. The molecule has 8 atom stereocenters. The number of phenolic OH excluding ortho intramolecular Hbond substituents is 1. The van der Waals surface area contributed by atoms with Crippen LogP contribution in [-0.4, -0.2) is 81.1 Å². The molecular weight excluding hydrogens is 420 g/mol.